The minimum atomic E-state index is -0.317. The third kappa shape index (κ3) is 4.87. The van der Waals surface area contributed by atoms with Crippen molar-refractivity contribution in [3.63, 3.8) is 0 Å². The number of hydrogen-bond acceptors (Lipinski definition) is 7. The summed E-state index contributed by atoms with van der Waals surface area (Å²) < 4.78 is 17.0. The topological polar surface area (TPSA) is 94.9 Å². The van der Waals surface area contributed by atoms with Crippen LogP contribution in [0.4, 0.5) is 11.6 Å². The summed E-state index contributed by atoms with van der Waals surface area (Å²) in [7, 11) is 3.12. The second-order valence-electron chi connectivity index (χ2n) is 6.28. The van der Waals surface area contributed by atoms with E-state index in [1.165, 1.54) is 10.6 Å². The number of benzene rings is 1. The Kier molecular flexibility index (Phi) is 6.62. The Morgan fingerprint density at radius 3 is 2.57 bits per heavy atom. The number of nitrogens with zero attached hydrogens (tertiary/aromatic N) is 3. The number of aromatic nitrogens is 2. The number of amides is 1. The number of hydrogen-bond donors (Lipinski definition) is 1. The molecule has 9 nitrogen and oxygen atoms in total. The molecular weight excluding hydrogens is 364 g/mol. The van der Waals surface area contributed by atoms with E-state index < -0.39 is 0 Å². The molecule has 1 aromatic heterocycles. The molecule has 3 rings (SSSR count). The van der Waals surface area contributed by atoms with Crippen LogP contribution in [0.3, 0.4) is 0 Å². The van der Waals surface area contributed by atoms with Crippen molar-refractivity contribution in [1.82, 2.24) is 9.55 Å². The summed E-state index contributed by atoms with van der Waals surface area (Å²) in [5.74, 6) is 0.831. The van der Waals surface area contributed by atoms with Gasteiger partial charge in [-0.05, 0) is 24.3 Å². The molecule has 2 heterocycles. The van der Waals surface area contributed by atoms with Gasteiger partial charge in [-0.1, -0.05) is 0 Å². The monoisotopic (exact) mass is 388 g/mol. The fourth-order valence-corrected chi connectivity index (χ4v) is 2.93. The molecule has 0 aliphatic carbocycles. The average Bonchev–Trinajstić information content (AvgIpc) is 2.71. The quantitative estimate of drug-likeness (QED) is 0.752. The molecule has 0 unspecified atom stereocenters. The lowest BCUT2D eigenvalue weighted by Crippen LogP contribution is -2.42. The fourth-order valence-electron chi connectivity index (χ4n) is 2.93. The van der Waals surface area contributed by atoms with Crippen LogP contribution in [0.15, 0.2) is 35.1 Å². The van der Waals surface area contributed by atoms with Crippen molar-refractivity contribution in [1.29, 1.82) is 0 Å². The number of methoxy groups -OCH3 is 2. The first-order valence-corrected chi connectivity index (χ1v) is 8.97. The van der Waals surface area contributed by atoms with Gasteiger partial charge in [-0.25, -0.2) is 4.98 Å². The summed E-state index contributed by atoms with van der Waals surface area (Å²) in [6.07, 6.45) is 0. The lowest BCUT2D eigenvalue weighted by molar-refractivity contribution is -0.116. The number of rotatable bonds is 7. The van der Waals surface area contributed by atoms with Crippen LogP contribution < -0.4 is 20.5 Å². The summed E-state index contributed by atoms with van der Waals surface area (Å²) >= 11 is 0. The van der Waals surface area contributed by atoms with Gasteiger partial charge in [0.1, 0.15) is 12.3 Å². The molecule has 9 heteroatoms. The van der Waals surface area contributed by atoms with E-state index in [-0.39, 0.29) is 24.6 Å². The largest absolute Gasteiger partial charge is 0.497 e. The van der Waals surface area contributed by atoms with Gasteiger partial charge in [-0.15, -0.1) is 0 Å². The average molecular weight is 388 g/mol. The highest BCUT2D eigenvalue weighted by Crippen LogP contribution is 2.16. The van der Waals surface area contributed by atoms with Crippen molar-refractivity contribution < 1.29 is 19.0 Å². The van der Waals surface area contributed by atoms with E-state index in [1.807, 2.05) is 4.90 Å². The number of morpholine rings is 1. The van der Waals surface area contributed by atoms with Gasteiger partial charge in [0, 0.05) is 32.0 Å². The van der Waals surface area contributed by atoms with Crippen LogP contribution in [0.1, 0.15) is 5.69 Å². The van der Waals surface area contributed by atoms with E-state index in [9.17, 15) is 9.59 Å². The molecule has 1 N–H and O–H groups in total. The Morgan fingerprint density at radius 1 is 1.21 bits per heavy atom. The number of carbonyl (C=O) groups excluding carboxylic acids is 1. The van der Waals surface area contributed by atoms with Crippen LogP contribution in [0.2, 0.25) is 0 Å². The van der Waals surface area contributed by atoms with E-state index in [1.54, 1.807) is 38.5 Å². The zero-order chi connectivity index (χ0) is 19.9. The lowest BCUT2D eigenvalue weighted by atomic mass is 10.3. The summed E-state index contributed by atoms with van der Waals surface area (Å²) in [6.45, 7) is 2.38. The van der Waals surface area contributed by atoms with Crippen molar-refractivity contribution in [2.75, 3.05) is 50.7 Å². The third-order valence-corrected chi connectivity index (χ3v) is 4.30. The molecule has 1 amide bonds. The summed E-state index contributed by atoms with van der Waals surface area (Å²) in [5, 5.41) is 2.79. The van der Waals surface area contributed by atoms with Gasteiger partial charge in [0.05, 0.1) is 32.6 Å². The summed E-state index contributed by atoms with van der Waals surface area (Å²) in [5.41, 5.74) is 0.852. The maximum Gasteiger partial charge on any atom is 0.255 e. The van der Waals surface area contributed by atoms with Crippen LogP contribution in [0, 0.1) is 0 Å². The Balaban J connectivity index is 1.82. The van der Waals surface area contributed by atoms with Gasteiger partial charge < -0.3 is 24.4 Å². The summed E-state index contributed by atoms with van der Waals surface area (Å²) in [4.78, 5) is 31.7. The number of anilines is 2. The molecule has 1 fully saturated rings. The van der Waals surface area contributed by atoms with Gasteiger partial charge in [-0.2, -0.15) is 0 Å². The molecule has 0 spiro atoms. The molecule has 0 bridgehead atoms. The number of carbonyl (C=O) groups is 1. The maximum absolute atomic E-state index is 12.7. The molecule has 2 aromatic rings. The Bertz CT molecular complexity index is 860. The SMILES string of the molecule is COCc1cc(=O)n(CC(=O)Nc2ccc(OC)cc2)c(N2CCOCC2)n1. The molecule has 1 aromatic carbocycles. The van der Waals surface area contributed by atoms with Gasteiger partial charge in [-0.3, -0.25) is 14.2 Å². The molecule has 1 aliphatic heterocycles. The van der Waals surface area contributed by atoms with E-state index in [4.69, 9.17) is 14.2 Å². The molecule has 0 saturated carbocycles. The second-order valence-corrected chi connectivity index (χ2v) is 6.28. The lowest BCUT2D eigenvalue weighted by Gasteiger charge is -2.29. The smallest absolute Gasteiger partial charge is 0.255 e. The minimum Gasteiger partial charge on any atom is -0.497 e. The molecule has 28 heavy (non-hydrogen) atoms. The second kappa shape index (κ2) is 9.34. The van der Waals surface area contributed by atoms with Gasteiger partial charge in [0.25, 0.3) is 5.56 Å². The zero-order valence-electron chi connectivity index (χ0n) is 16.0. The van der Waals surface area contributed by atoms with Crippen LogP contribution in [0.5, 0.6) is 5.75 Å². The van der Waals surface area contributed by atoms with E-state index >= 15 is 0 Å². The van der Waals surface area contributed by atoms with Crippen molar-refractivity contribution >= 4 is 17.5 Å². The first-order chi connectivity index (χ1) is 13.6. The molecule has 1 aliphatic rings. The van der Waals surface area contributed by atoms with Crippen LogP contribution in [0.25, 0.3) is 0 Å². The highest BCUT2D eigenvalue weighted by molar-refractivity contribution is 5.90. The Morgan fingerprint density at radius 2 is 1.93 bits per heavy atom. The van der Waals surface area contributed by atoms with E-state index in [0.717, 1.165) is 0 Å². The van der Waals surface area contributed by atoms with Crippen molar-refractivity contribution in [2.45, 2.75) is 13.2 Å². The highest BCUT2D eigenvalue weighted by atomic mass is 16.5. The predicted octanol–water partition coefficient (Wildman–Crippen LogP) is 0.874. The first-order valence-electron chi connectivity index (χ1n) is 8.97. The molecule has 0 radical (unpaired) electrons. The van der Waals surface area contributed by atoms with E-state index in [0.29, 0.717) is 49.4 Å². The normalized spacial score (nSPS) is 14.0. The summed E-state index contributed by atoms with van der Waals surface area (Å²) in [6, 6.07) is 8.38. The van der Waals surface area contributed by atoms with Gasteiger partial charge >= 0.3 is 0 Å². The standard InChI is InChI=1S/C19H24N4O5/c1-26-13-15-11-18(25)23(19(21-15)22-7-9-28-10-8-22)12-17(24)20-14-3-5-16(27-2)6-4-14/h3-6,11H,7-10,12-13H2,1-2H3,(H,20,24). The first kappa shape index (κ1) is 19.8. The predicted molar refractivity (Wildman–Crippen MR) is 104 cm³/mol. The molecule has 150 valence electrons. The number of nitrogens with one attached hydrogen (secondary N) is 1. The molecule has 0 atom stereocenters. The Labute approximate surface area is 162 Å². The molecule has 1 saturated heterocycles. The van der Waals surface area contributed by atoms with Crippen molar-refractivity contribution in [2.24, 2.45) is 0 Å². The van der Waals surface area contributed by atoms with Crippen molar-refractivity contribution in [3.8, 4) is 5.75 Å². The van der Waals surface area contributed by atoms with Crippen LogP contribution in [-0.2, 0) is 27.4 Å². The minimum absolute atomic E-state index is 0.141. The highest BCUT2D eigenvalue weighted by Gasteiger charge is 2.20. The van der Waals surface area contributed by atoms with Gasteiger partial charge in [0.2, 0.25) is 11.9 Å². The number of ether oxygens (including phenoxy) is 3. The van der Waals surface area contributed by atoms with Crippen LogP contribution >= 0.6 is 0 Å². The van der Waals surface area contributed by atoms with E-state index in [2.05, 4.69) is 10.3 Å². The van der Waals surface area contributed by atoms with Crippen LogP contribution in [-0.4, -0.2) is 56.0 Å². The third-order valence-electron chi connectivity index (χ3n) is 4.30. The Hall–Kier alpha value is -2.91. The van der Waals surface area contributed by atoms with Crippen molar-refractivity contribution in [3.05, 3.63) is 46.4 Å². The molecular formula is C19H24N4O5. The zero-order valence-corrected chi connectivity index (χ0v) is 16.0. The van der Waals surface area contributed by atoms with Gasteiger partial charge in [0.15, 0.2) is 0 Å². The fraction of sp³-hybridized carbons (Fsp3) is 0.421. The maximum atomic E-state index is 12.7.